The molecule has 2 fully saturated rings. The number of nitrogens with two attached hydrogens (primary N) is 1. The third-order valence-corrected chi connectivity index (χ3v) is 7.12. The van der Waals surface area contributed by atoms with E-state index in [1.54, 1.807) is 12.1 Å². The SMILES string of the molecule is CS(=O)(=O)c1ccc(C2CNC(N)C(NCC3CCCS3)N2)cc1. The van der Waals surface area contributed by atoms with E-state index in [1.165, 1.54) is 24.9 Å². The highest BCUT2D eigenvalue weighted by Crippen LogP contribution is 2.25. The lowest BCUT2D eigenvalue weighted by atomic mass is 10.0. The minimum Gasteiger partial charge on any atom is -0.313 e. The molecule has 3 rings (SSSR count). The summed E-state index contributed by atoms with van der Waals surface area (Å²) < 4.78 is 23.1. The number of sulfone groups is 1. The summed E-state index contributed by atoms with van der Waals surface area (Å²) in [6.45, 7) is 1.67. The highest BCUT2D eigenvalue weighted by Gasteiger charge is 2.28. The van der Waals surface area contributed by atoms with E-state index in [1.807, 2.05) is 23.9 Å². The van der Waals surface area contributed by atoms with Gasteiger partial charge in [-0.15, -0.1) is 0 Å². The van der Waals surface area contributed by atoms with Crippen molar-refractivity contribution in [3.8, 4) is 0 Å². The smallest absolute Gasteiger partial charge is 0.175 e. The van der Waals surface area contributed by atoms with Crippen LogP contribution >= 0.6 is 11.8 Å². The van der Waals surface area contributed by atoms with Crippen LogP contribution in [0.4, 0.5) is 0 Å². The second-order valence-electron chi connectivity index (χ2n) is 6.52. The normalized spacial score (nSPS) is 31.2. The minimum absolute atomic E-state index is 0.000431. The summed E-state index contributed by atoms with van der Waals surface area (Å²) in [4.78, 5) is 0.347. The fourth-order valence-corrected chi connectivity index (χ4v) is 5.01. The molecule has 24 heavy (non-hydrogen) atoms. The fraction of sp³-hybridized carbons (Fsp3) is 0.625. The highest BCUT2D eigenvalue weighted by molar-refractivity contribution is 8.00. The largest absolute Gasteiger partial charge is 0.313 e. The number of thioether (sulfide) groups is 1. The third-order valence-electron chi connectivity index (χ3n) is 4.60. The van der Waals surface area contributed by atoms with E-state index in [4.69, 9.17) is 5.73 Å². The van der Waals surface area contributed by atoms with Gasteiger partial charge in [-0.2, -0.15) is 11.8 Å². The summed E-state index contributed by atoms with van der Waals surface area (Å²) in [6, 6.07) is 7.18. The second-order valence-corrected chi connectivity index (χ2v) is 9.94. The molecular formula is C16H26N4O2S2. The summed E-state index contributed by atoms with van der Waals surface area (Å²) in [6.07, 6.45) is 3.66. The van der Waals surface area contributed by atoms with Gasteiger partial charge in [-0.25, -0.2) is 8.42 Å². The zero-order valence-electron chi connectivity index (χ0n) is 13.9. The van der Waals surface area contributed by atoms with Crippen LogP contribution in [0.15, 0.2) is 29.2 Å². The topological polar surface area (TPSA) is 96.2 Å². The molecule has 5 N–H and O–H groups in total. The van der Waals surface area contributed by atoms with Gasteiger partial charge in [0.1, 0.15) is 0 Å². The molecule has 0 aliphatic carbocycles. The Morgan fingerprint density at radius 3 is 2.71 bits per heavy atom. The number of piperazine rings is 1. The Labute approximate surface area is 148 Å². The lowest BCUT2D eigenvalue weighted by molar-refractivity contribution is 0.237. The van der Waals surface area contributed by atoms with Gasteiger partial charge < -0.3 is 5.73 Å². The molecule has 2 aliphatic rings. The van der Waals surface area contributed by atoms with Crippen molar-refractivity contribution in [2.24, 2.45) is 5.73 Å². The lowest BCUT2D eigenvalue weighted by Gasteiger charge is -2.37. The first kappa shape index (κ1) is 18.2. The maximum atomic E-state index is 11.6. The number of rotatable bonds is 5. The molecular weight excluding hydrogens is 344 g/mol. The van der Waals surface area contributed by atoms with E-state index in [-0.39, 0.29) is 18.4 Å². The van der Waals surface area contributed by atoms with Gasteiger partial charge in [-0.1, -0.05) is 12.1 Å². The molecule has 2 heterocycles. The minimum atomic E-state index is -3.16. The van der Waals surface area contributed by atoms with Crippen LogP contribution in [0.1, 0.15) is 24.4 Å². The standard InChI is InChI=1S/C16H26N4O2S2/c1-24(21,22)13-6-4-11(5-7-13)14-10-18-15(17)16(20-14)19-9-12-3-2-8-23-12/h4-7,12,14-16,18-20H,2-3,8-10,17H2,1H3. The van der Waals surface area contributed by atoms with Crippen LogP contribution in [-0.2, 0) is 9.84 Å². The van der Waals surface area contributed by atoms with Gasteiger partial charge in [0.05, 0.1) is 17.2 Å². The van der Waals surface area contributed by atoms with Crippen molar-refractivity contribution in [3.63, 3.8) is 0 Å². The van der Waals surface area contributed by atoms with Gasteiger partial charge in [0.2, 0.25) is 0 Å². The molecule has 8 heteroatoms. The van der Waals surface area contributed by atoms with Crippen molar-refractivity contribution < 1.29 is 8.42 Å². The summed E-state index contributed by atoms with van der Waals surface area (Å²) in [5, 5.41) is 11.1. The molecule has 2 aliphatic heterocycles. The van der Waals surface area contributed by atoms with Gasteiger partial charge in [0.25, 0.3) is 0 Å². The number of benzene rings is 1. The van der Waals surface area contributed by atoms with E-state index < -0.39 is 9.84 Å². The number of nitrogens with one attached hydrogen (secondary N) is 3. The van der Waals surface area contributed by atoms with Crippen molar-refractivity contribution in [2.45, 2.75) is 41.4 Å². The van der Waals surface area contributed by atoms with E-state index in [0.29, 0.717) is 10.1 Å². The summed E-state index contributed by atoms with van der Waals surface area (Å²) in [5.41, 5.74) is 7.22. The molecule has 6 nitrogen and oxygen atoms in total. The van der Waals surface area contributed by atoms with E-state index in [9.17, 15) is 8.42 Å². The van der Waals surface area contributed by atoms with Gasteiger partial charge >= 0.3 is 0 Å². The molecule has 4 atom stereocenters. The molecule has 0 bridgehead atoms. The van der Waals surface area contributed by atoms with Crippen LogP contribution in [0, 0.1) is 0 Å². The van der Waals surface area contributed by atoms with Crippen molar-refractivity contribution >= 4 is 21.6 Å². The Morgan fingerprint density at radius 2 is 2.08 bits per heavy atom. The predicted molar refractivity (Wildman–Crippen MR) is 98.7 cm³/mol. The monoisotopic (exact) mass is 370 g/mol. The van der Waals surface area contributed by atoms with Crippen LogP contribution in [0.2, 0.25) is 0 Å². The molecule has 1 aromatic carbocycles. The first-order valence-electron chi connectivity index (χ1n) is 8.33. The van der Waals surface area contributed by atoms with Crippen LogP contribution in [-0.4, -0.2) is 51.1 Å². The third kappa shape index (κ3) is 4.50. The Hall–Kier alpha value is -0.640. The van der Waals surface area contributed by atoms with Gasteiger partial charge in [0.15, 0.2) is 9.84 Å². The summed E-state index contributed by atoms with van der Waals surface area (Å²) in [7, 11) is -3.16. The Morgan fingerprint density at radius 1 is 1.33 bits per heavy atom. The average molecular weight is 371 g/mol. The Bertz CT molecular complexity index is 645. The van der Waals surface area contributed by atoms with Crippen LogP contribution in [0.3, 0.4) is 0 Å². The maximum absolute atomic E-state index is 11.6. The zero-order chi connectivity index (χ0) is 17.2. The number of hydrogen-bond acceptors (Lipinski definition) is 7. The maximum Gasteiger partial charge on any atom is 0.175 e. The van der Waals surface area contributed by atoms with Crippen molar-refractivity contribution in [1.82, 2.24) is 16.0 Å². The van der Waals surface area contributed by atoms with Crippen LogP contribution in [0.5, 0.6) is 0 Å². The molecule has 0 saturated carbocycles. The summed E-state index contributed by atoms with van der Waals surface area (Å²) in [5.74, 6) is 1.25. The second kappa shape index (κ2) is 7.72. The van der Waals surface area contributed by atoms with Crippen molar-refractivity contribution in [3.05, 3.63) is 29.8 Å². The molecule has 0 radical (unpaired) electrons. The lowest BCUT2D eigenvalue weighted by Crippen LogP contribution is -2.66. The van der Waals surface area contributed by atoms with Gasteiger partial charge in [-0.3, -0.25) is 16.0 Å². The highest BCUT2D eigenvalue weighted by atomic mass is 32.2. The van der Waals surface area contributed by atoms with Gasteiger partial charge in [0, 0.05) is 30.6 Å². The molecule has 0 aromatic heterocycles. The first-order chi connectivity index (χ1) is 11.4. The molecule has 4 unspecified atom stereocenters. The van der Waals surface area contributed by atoms with E-state index in [2.05, 4.69) is 16.0 Å². The molecule has 134 valence electrons. The van der Waals surface area contributed by atoms with Crippen molar-refractivity contribution in [2.75, 3.05) is 25.1 Å². The predicted octanol–water partition coefficient (Wildman–Crippen LogP) is 0.420. The van der Waals surface area contributed by atoms with Crippen LogP contribution < -0.4 is 21.7 Å². The number of hydrogen-bond donors (Lipinski definition) is 4. The zero-order valence-corrected chi connectivity index (χ0v) is 15.5. The van der Waals surface area contributed by atoms with E-state index >= 15 is 0 Å². The summed E-state index contributed by atoms with van der Waals surface area (Å²) >= 11 is 2.02. The first-order valence-corrected chi connectivity index (χ1v) is 11.3. The molecule has 2 saturated heterocycles. The van der Waals surface area contributed by atoms with Crippen molar-refractivity contribution in [1.29, 1.82) is 0 Å². The molecule has 1 aromatic rings. The van der Waals surface area contributed by atoms with Gasteiger partial charge in [-0.05, 0) is 36.3 Å². The Kier molecular flexibility index (Phi) is 5.84. The molecule has 0 amide bonds. The average Bonchev–Trinajstić information content (AvgIpc) is 3.07. The fourth-order valence-electron chi connectivity index (χ4n) is 3.16. The Balaban J connectivity index is 1.61. The quantitative estimate of drug-likeness (QED) is 0.596. The van der Waals surface area contributed by atoms with Crippen LogP contribution in [0.25, 0.3) is 0 Å². The van der Waals surface area contributed by atoms with E-state index in [0.717, 1.165) is 18.7 Å². The molecule has 0 spiro atoms.